The number of alkyl halides is 2. The first-order valence-corrected chi connectivity index (χ1v) is 9.62. The molecule has 2 fully saturated rings. The summed E-state index contributed by atoms with van der Waals surface area (Å²) in [5.74, 6) is 1.85. The van der Waals surface area contributed by atoms with Crippen LogP contribution in [0.3, 0.4) is 0 Å². The van der Waals surface area contributed by atoms with Gasteiger partial charge in [0.15, 0.2) is 0 Å². The largest absolute Gasteiger partial charge is 0.322 e. The maximum absolute atomic E-state index is 13.2. The summed E-state index contributed by atoms with van der Waals surface area (Å²) in [6.07, 6.45) is 1.05. The number of fused-ring (bicyclic) bond motifs is 3. The van der Waals surface area contributed by atoms with Gasteiger partial charge in [-0.05, 0) is 59.1 Å². The van der Waals surface area contributed by atoms with Gasteiger partial charge in [0.2, 0.25) is 0 Å². The van der Waals surface area contributed by atoms with Crippen molar-refractivity contribution in [3.8, 4) is 0 Å². The van der Waals surface area contributed by atoms with E-state index in [0.29, 0.717) is 29.1 Å². The van der Waals surface area contributed by atoms with Gasteiger partial charge in [-0.15, -0.1) is 0 Å². The molecule has 0 radical (unpaired) electrons. The van der Waals surface area contributed by atoms with E-state index in [1.807, 2.05) is 12.1 Å². The first kappa shape index (κ1) is 16.9. The third-order valence-electron chi connectivity index (χ3n) is 7.07. The van der Waals surface area contributed by atoms with E-state index in [2.05, 4.69) is 30.3 Å². The van der Waals surface area contributed by atoms with Crippen molar-refractivity contribution >= 4 is 11.6 Å². The number of hydrogen-bond acceptors (Lipinski definition) is 2. The third kappa shape index (κ3) is 2.07. The van der Waals surface area contributed by atoms with Crippen molar-refractivity contribution in [1.82, 2.24) is 9.78 Å². The van der Waals surface area contributed by atoms with Gasteiger partial charge in [0, 0.05) is 18.9 Å². The molecule has 1 amide bonds. The summed E-state index contributed by atoms with van der Waals surface area (Å²) in [5, 5.41) is 6.67. The van der Waals surface area contributed by atoms with Crippen LogP contribution < -0.4 is 5.32 Å². The highest BCUT2D eigenvalue weighted by molar-refractivity contribution is 6.05. The molecule has 3 aliphatic rings. The molecule has 4 nitrogen and oxygen atoms in total. The second-order valence-electron chi connectivity index (χ2n) is 8.62. The lowest BCUT2D eigenvalue weighted by Crippen LogP contribution is -2.27. The standard InChI is InChI=1S/C21H23F2N3O/c1-10(2)16-17-15-11(13-7-8-21(13,16)17)5-4-6-14(15)24-20(27)12-9-26(3)25-18(12)19(22)23/h4-6,9-10,13,16-17,19H,7-8H2,1-3H3,(H,24,27)/t13-,16-,17?,21?/m0/s1. The highest BCUT2D eigenvalue weighted by Gasteiger charge is 2.77. The maximum atomic E-state index is 13.2. The fourth-order valence-corrected chi connectivity index (χ4v) is 6.16. The number of nitrogens with one attached hydrogen (secondary N) is 1. The lowest BCUT2D eigenvalue weighted by molar-refractivity contribution is 0.101. The van der Waals surface area contributed by atoms with Gasteiger partial charge in [0.1, 0.15) is 5.69 Å². The zero-order valence-electron chi connectivity index (χ0n) is 15.7. The minimum Gasteiger partial charge on any atom is -0.322 e. The number of aromatic nitrogens is 2. The predicted molar refractivity (Wildman–Crippen MR) is 98.0 cm³/mol. The van der Waals surface area contributed by atoms with Gasteiger partial charge in [-0.1, -0.05) is 26.0 Å². The van der Waals surface area contributed by atoms with Gasteiger partial charge in [-0.25, -0.2) is 8.78 Å². The van der Waals surface area contributed by atoms with Crippen LogP contribution in [0.25, 0.3) is 0 Å². The quantitative estimate of drug-likeness (QED) is 0.835. The van der Waals surface area contributed by atoms with Crippen LogP contribution in [0.2, 0.25) is 0 Å². The van der Waals surface area contributed by atoms with Crippen LogP contribution in [-0.4, -0.2) is 15.7 Å². The zero-order chi connectivity index (χ0) is 19.1. The monoisotopic (exact) mass is 371 g/mol. The molecule has 0 aliphatic heterocycles. The minimum absolute atomic E-state index is 0.0583. The Morgan fingerprint density at radius 2 is 2.15 bits per heavy atom. The highest BCUT2D eigenvalue weighted by Crippen LogP contribution is 2.86. The number of halogens is 2. The molecular formula is C21H23F2N3O. The van der Waals surface area contributed by atoms with E-state index in [0.717, 1.165) is 5.69 Å². The van der Waals surface area contributed by atoms with Gasteiger partial charge < -0.3 is 5.32 Å². The summed E-state index contributed by atoms with van der Waals surface area (Å²) >= 11 is 0. The molecule has 2 unspecified atom stereocenters. The average Bonchev–Trinajstić information content (AvgIpc) is 3.08. The van der Waals surface area contributed by atoms with Crippen molar-refractivity contribution in [3.63, 3.8) is 0 Å². The molecule has 0 bridgehead atoms. The topological polar surface area (TPSA) is 46.9 Å². The Kier molecular flexibility index (Phi) is 3.38. The molecule has 3 aliphatic carbocycles. The Morgan fingerprint density at radius 3 is 2.78 bits per heavy atom. The Hall–Kier alpha value is -2.24. The van der Waals surface area contributed by atoms with Crippen molar-refractivity contribution in [3.05, 3.63) is 46.8 Å². The van der Waals surface area contributed by atoms with E-state index in [1.54, 1.807) is 7.05 Å². The molecule has 2 aromatic rings. The van der Waals surface area contributed by atoms with Gasteiger partial charge in [-0.2, -0.15) is 5.10 Å². The van der Waals surface area contributed by atoms with Crippen LogP contribution in [-0.2, 0) is 7.05 Å². The minimum atomic E-state index is -2.78. The van der Waals surface area contributed by atoms with E-state index in [4.69, 9.17) is 0 Å². The SMILES string of the molecule is CC(C)[C@H]1C2c3c(NC(=O)c4cn(C)nc4C(F)F)cccc3[C@@H]3CCC213. The number of anilines is 1. The Bertz CT molecular complexity index is 951. The molecule has 1 aromatic carbocycles. The van der Waals surface area contributed by atoms with Gasteiger partial charge in [0.05, 0.1) is 5.56 Å². The van der Waals surface area contributed by atoms with Crippen molar-refractivity contribution in [2.45, 2.75) is 45.0 Å². The van der Waals surface area contributed by atoms with E-state index in [9.17, 15) is 13.6 Å². The summed E-state index contributed by atoms with van der Waals surface area (Å²) in [6, 6.07) is 6.05. The normalized spacial score (nSPS) is 30.0. The Morgan fingerprint density at radius 1 is 1.37 bits per heavy atom. The maximum Gasteiger partial charge on any atom is 0.282 e. The van der Waals surface area contributed by atoms with Crippen molar-refractivity contribution in [2.75, 3.05) is 5.32 Å². The number of nitrogens with zero attached hydrogens (tertiary/aromatic N) is 2. The van der Waals surface area contributed by atoms with E-state index in [1.165, 1.54) is 34.8 Å². The predicted octanol–water partition coefficient (Wildman–Crippen LogP) is 4.86. The molecule has 2 saturated carbocycles. The molecule has 6 heteroatoms. The molecule has 0 saturated heterocycles. The first-order chi connectivity index (χ1) is 12.9. The Labute approximate surface area is 156 Å². The Balaban J connectivity index is 1.50. The number of rotatable bonds is 4. The van der Waals surface area contributed by atoms with E-state index < -0.39 is 18.0 Å². The number of hydrogen-bond donors (Lipinski definition) is 1. The fraction of sp³-hybridized carbons (Fsp3) is 0.524. The average molecular weight is 371 g/mol. The number of benzene rings is 1. The molecule has 1 aromatic heterocycles. The van der Waals surface area contributed by atoms with E-state index in [-0.39, 0.29) is 5.56 Å². The molecule has 4 atom stereocenters. The molecule has 142 valence electrons. The second-order valence-corrected chi connectivity index (χ2v) is 8.62. The lowest BCUT2D eigenvalue weighted by atomic mass is 9.66. The third-order valence-corrected chi connectivity index (χ3v) is 7.07. The van der Waals surface area contributed by atoms with Crippen LogP contribution in [0.5, 0.6) is 0 Å². The van der Waals surface area contributed by atoms with Crippen LogP contribution in [0.4, 0.5) is 14.5 Å². The summed E-state index contributed by atoms with van der Waals surface area (Å²) < 4.78 is 27.7. The van der Waals surface area contributed by atoms with Gasteiger partial charge in [0.25, 0.3) is 12.3 Å². The van der Waals surface area contributed by atoms with Gasteiger partial charge in [-0.3, -0.25) is 9.48 Å². The number of amides is 1. The molecular weight excluding hydrogens is 348 g/mol. The fourth-order valence-electron chi connectivity index (χ4n) is 6.16. The highest BCUT2D eigenvalue weighted by atomic mass is 19.3. The van der Waals surface area contributed by atoms with E-state index >= 15 is 0 Å². The molecule has 5 rings (SSSR count). The summed E-state index contributed by atoms with van der Waals surface area (Å²) in [4.78, 5) is 12.8. The summed E-state index contributed by atoms with van der Waals surface area (Å²) in [5.41, 5.74) is 3.24. The number of carbonyl (C=O) groups is 1. The molecule has 1 spiro atoms. The van der Waals surface area contributed by atoms with Crippen LogP contribution in [0, 0.1) is 17.3 Å². The summed E-state index contributed by atoms with van der Waals surface area (Å²) in [7, 11) is 1.54. The summed E-state index contributed by atoms with van der Waals surface area (Å²) in [6.45, 7) is 4.55. The van der Waals surface area contributed by atoms with Crippen LogP contribution >= 0.6 is 0 Å². The van der Waals surface area contributed by atoms with Crippen molar-refractivity contribution in [2.24, 2.45) is 24.3 Å². The second kappa shape index (κ2) is 5.40. The molecule has 1 heterocycles. The van der Waals surface area contributed by atoms with Crippen LogP contribution in [0.1, 0.15) is 72.1 Å². The number of carbonyl (C=O) groups excluding carboxylic acids is 1. The zero-order valence-corrected chi connectivity index (χ0v) is 15.7. The first-order valence-electron chi connectivity index (χ1n) is 9.62. The van der Waals surface area contributed by atoms with Crippen molar-refractivity contribution < 1.29 is 13.6 Å². The number of aryl methyl sites for hydroxylation is 1. The van der Waals surface area contributed by atoms with Gasteiger partial charge >= 0.3 is 0 Å². The smallest absolute Gasteiger partial charge is 0.282 e. The van der Waals surface area contributed by atoms with Crippen LogP contribution in [0.15, 0.2) is 24.4 Å². The lowest BCUT2D eigenvalue weighted by Gasteiger charge is -2.37. The molecule has 1 N–H and O–H groups in total. The molecule has 27 heavy (non-hydrogen) atoms. The van der Waals surface area contributed by atoms with Crippen molar-refractivity contribution in [1.29, 1.82) is 0 Å².